The zero-order valence-corrected chi connectivity index (χ0v) is 11.9. The van der Waals surface area contributed by atoms with Crippen LogP contribution < -0.4 is 4.74 Å². The van der Waals surface area contributed by atoms with Crippen molar-refractivity contribution >= 4 is 21.4 Å². The minimum Gasteiger partial charge on any atom is -0.495 e. The van der Waals surface area contributed by atoms with Gasteiger partial charge in [0.15, 0.2) is 9.84 Å². The molecule has 18 heavy (non-hydrogen) atoms. The Balaban J connectivity index is 2.42. The van der Waals surface area contributed by atoms with Crippen molar-refractivity contribution in [2.45, 2.75) is 42.2 Å². The van der Waals surface area contributed by atoms with Crippen molar-refractivity contribution in [2.75, 3.05) is 7.11 Å². The highest BCUT2D eigenvalue weighted by Crippen LogP contribution is 2.34. The molecule has 3 nitrogen and oxygen atoms in total. The van der Waals surface area contributed by atoms with Gasteiger partial charge < -0.3 is 4.74 Å². The van der Waals surface area contributed by atoms with Gasteiger partial charge in [0.2, 0.25) is 0 Å². The second-order valence-electron chi connectivity index (χ2n) is 4.60. The Hall–Kier alpha value is -0.740. The van der Waals surface area contributed by atoms with E-state index in [0.717, 1.165) is 32.1 Å². The number of sulfone groups is 1. The van der Waals surface area contributed by atoms with E-state index in [1.54, 1.807) is 12.1 Å². The Bertz CT molecular complexity index is 519. The molecule has 0 aromatic heterocycles. The number of hydrogen-bond donors (Lipinski definition) is 0. The van der Waals surface area contributed by atoms with Crippen LogP contribution in [-0.2, 0) is 9.84 Å². The van der Waals surface area contributed by atoms with Gasteiger partial charge in [0.25, 0.3) is 0 Å². The first-order valence-electron chi connectivity index (χ1n) is 6.13. The Morgan fingerprint density at radius 2 is 1.89 bits per heavy atom. The quantitative estimate of drug-likeness (QED) is 0.855. The Morgan fingerprint density at radius 1 is 1.22 bits per heavy atom. The highest BCUT2D eigenvalue weighted by Gasteiger charge is 2.31. The molecule has 0 radical (unpaired) electrons. The zero-order chi connectivity index (χ0) is 13.2. The molecule has 2 rings (SSSR count). The summed E-state index contributed by atoms with van der Waals surface area (Å²) in [5, 5.41) is 0.129. The van der Waals surface area contributed by atoms with Crippen LogP contribution in [0.3, 0.4) is 0 Å². The van der Waals surface area contributed by atoms with Gasteiger partial charge in [-0.05, 0) is 31.0 Å². The molecule has 0 aliphatic heterocycles. The normalized spacial score (nSPS) is 17.7. The van der Waals surface area contributed by atoms with Gasteiger partial charge in [0.05, 0.1) is 12.4 Å². The summed E-state index contributed by atoms with van der Waals surface area (Å²) in [6.45, 7) is 0. The molecule has 5 heteroatoms. The minimum absolute atomic E-state index is 0.226. The molecule has 0 N–H and O–H groups in total. The van der Waals surface area contributed by atoms with Gasteiger partial charge in [0, 0.05) is 5.02 Å². The van der Waals surface area contributed by atoms with Gasteiger partial charge in [0.1, 0.15) is 10.6 Å². The van der Waals surface area contributed by atoms with Crippen molar-refractivity contribution in [3.63, 3.8) is 0 Å². The molecule has 1 fully saturated rings. The zero-order valence-electron chi connectivity index (χ0n) is 10.4. The lowest BCUT2D eigenvalue weighted by atomic mass is 10.0. The van der Waals surface area contributed by atoms with Crippen LogP contribution in [0.2, 0.25) is 5.02 Å². The number of hydrogen-bond acceptors (Lipinski definition) is 3. The Morgan fingerprint density at radius 3 is 2.50 bits per heavy atom. The molecule has 1 aliphatic carbocycles. The summed E-state index contributed by atoms with van der Waals surface area (Å²) in [6, 6.07) is 4.74. The number of methoxy groups -OCH3 is 1. The van der Waals surface area contributed by atoms with Crippen LogP contribution in [0.15, 0.2) is 23.1 Å². The number of ether oxygens (including phenoxy) is 1. The molecule has 1 aromatic rings. The van der Waals surface area contributed by atoms with Crippen LogP contribution in [0, 0.1) is 0 Å². The van der Waals surface area contributed by atoms with Crippen molar-refractivity contribution in [3.05, 3.63) is 23.2 Å². The average molecular weight is 289 g/mol. The van der Waals surface area contributed by atoms with Crippen molar-refractivity contribution in [2.24, 2.45) is 0 Å². The fourth-order valence-corrected chi connectivity index (χ4v) is 4.70. The Labute approximate surface area is 113 Å². The van der Waals surface area contributed by atoms with Crippen LogP contribution in [0.25, 0.3) is 0 Å². The van der Waals surface area contributed by atoms with E-state index in [-0.39, 0.29) is 10.1 Å². The fraction of sp³-hybridized carbons (Fsp3) is 0.538. The highest BCUT2D eigenvalue weighted by atomic mass is 35.5. The first-order chi connectivity index (χ1) is 8.55. The predicted molar refractivity (Wildman–Crippen MR) is 72.1 cm³/mol. The highest BCUT2D eigenvalue weighted by molar-refractivity contribution is 7.92. The fourth-order valence-electron chi connectivity index (χ4n) is 2.43. The maximum Gasteiger partial charge on any atom is 0.184 e. The van der Waals surface area contributed by atoms with Crippen LogP contribution in [-0.4, -0.2) is 20.8 Å². The first kappa shape index (κ1) is 13.7. The van der Waals surface area contributed by atoms with Crippen molar-refractivity contribution in [3.8, 4) is 5.75 Å². The van der Waals surface area contributed by atoms with E-state index in [1.165, 1.54) is 13.2 Å². The summed E-state index contributed by atoms with van der Waals surface area (Å²) < 4.78 is 30.3. The standard InChI is InChI=1S/C13H17ClO3S/c1-17-12-8-7-10(14)9-13(12)18(15,16)11-5-3-2-4-6-11/h7-9,11H,2-6H2,1H3. The molecule has 1 aromatic carbocycles. The Kier molecular flexibility index (Phi) is 4.17. The maximum absolute atomic E-state index is 12.6. The summed E-state index contributed by atoms with van der Waals surface area (Å²) >= 11 is 5.90. The second kappa shape index (κ2) is 5.49. The summed E-state index contributed by atoms with van der Waals surface area (Å²) in [7, 11) is -1.86. The number of rotatable bonds is 3. The van der Waals surface area contributed by atoms with Crippen LogP contribution in [0.5, 0.6) is 5.75 Å². The average Bonchev–Trinajstić information content (AvgIpc) is 2.39. The van der Waals surface area contributed by atoms with Crippen molar-refractivity contribution < 1.29 is 13.2 Å². The van der Waals surface area contributed by atoms with Gasteiger partial charge in [-0.15, -0.1) is 0 Å². The summed E-state index contributed by atoms with van der Waals surface area (Å²) in [5.74, 6) is 0.380. The summed E-state index contributed by atoms with van der Waals surface area (Å²) in [4.78, 5) is 0.226. The maximum atomic E-state index is 12.6. The van der Waals surface area contributed by atoms with Gasteiger partial charge in [-0.2, -0.15) is 0 Å². The van der Waals surface area contributed by atoms with E-state index < -0.39 is 9.84 Å². The van der Waals surface area contributed by atoms with Crippen LogP contribution in [0.1, 0.15) is 32.1 Å². The molecule has 0 atom stereocenters. The van der Waals surface area contributed by atoms with Crippen LogP contribution >= 0.6 is 11.6 Å². The monoisotopic (exact) mass is 288 g/mol. The lowest BCUT2D eigenvalue weighted by molar-refractivity contribution is 0.401. The summed E-state index contributed by atoms with van der Waals surface area (Å²) in [6.07, 6.45) is 4.55. The molecule has 0 bridgehead atoms. The van der Waals surface area contributed by atoms with E-state index >= 15 is 0 Å². The number of halogens is 1. The summed E-state index contributed by atoms with van der Waals surface area (Å²) in [5.41, 5.74) is 0. The SMILES string of the molecule is COc1ccc(Cl)cc1S(=O)(=O)C1CCCCC1. The third-order valence-corrected chi connectivity index (χ3v) is 5.94. The number of benzene rings is 1. The first-order valence-corrected chi connectivity index (χ1v) is 8.05. The largest absolute Gasteiger partial charge is 0.495 e. The van der Waals surface area contributed by atoms with E-state index in [4.69, 9.17) is 16.3 Å². The van der Waals surface area contributed by atoms with E-state index in [1.807, 2.05) is 0 Å². The van der Waals surface area contributed by atoms with Gasteiger partial charge in [-0.3, -0.25) is 0 Å². The van der Waals surface area contributed by atoms with E-state index in [9.17, 15) is 8.42 Å². The third kappa shape index (κ3) is 2.64. The molecule has 0 unspecified atom stereocenters. The molecule has 0 amide bonds. The van der Waals surface area contributed by atoms with Crippen molar-refractivity contribution in [1.29, 1.82) is 0 Å². The predicted octanol–water partition coefficient (Wildman–Crippen LogP) is 3.46. The molecule has 0 saturated heterocycles. The van der Waals surface area contributed by atoms with Crippen molar-refractivity contribution in [1.82, 2.24) is 0 Å². The second-order valence-corrected chi connectivity index (χ2v) is 7.23. The lowest BCUT2D eigenvalue weighted by Gasteiger charge is -2.22. The minimum atomic E-state index is -3.34. The van der Waals surface area contributed by atoms with Gasteiger partial charge in [-0.1, -0.05) is 30.9 Å². The molecule has 100 valence electrons. The molecular formula is C13H17ClO3S. The van der Waals surface area contributed by atoms with E-state index in [0.29, 0.717) is 10.8 Å². The molecule has 1 saturated carbocycles. The van der Waals surface area contributed by atoms with Crippen LogP contribution in [0.4, 0.5) is 0 Å². The molecule has 1 aliphatic rings. The molecular weight excluding hydrogens is 272 g/mol. The van der Waals surface area contributed by atoms with Gasteiger partial charge >= 0.3 is 0 Å². The van der Waals surface area contributed by atoms with Gasteiger partial charge in [-0.25, -0.2) is 8.42 Å². The molecule has 0 heterocycles. The third-order valence-electron chi connectivity index (χ3n) is 3.42. The smallest absolute Gasteiger partial charge is 0.184 e. The van der Waals surface area contributed by atoms with E-state index in [2.05, 4.69) is 0 Å². The molecule has 0 spiro atoms. The topological polar surface area (TPSA) is 43.4 Å². The lowest BCUT2D eigenvalue weighted by Crippen LogP contribution is -2.24.